The molecule has 0 atom stereocenters. The number of rotatable bonds is 22. The normalized spacial score (nSPS) is 12.1. The monoisotopic (exact) mass is 442 g/mol. The minimum absolute atomic E-state index is 1.11. The fourth-order valence-corrected chi connectivity index (χ4v) is 4.65. The second-order valence-corrected chi connectivity index (χ2v) is 10.7. The van der Waals surface area contributed by atoms with Crippen LogP contribution in [0.4, 0.5) is 0 Å². The molecular weight excluding hydrogens is 386 g/mol. The van der Waals surface area contributed by atoms with Crippen LogP contribution in [0.25, 0.3) is 0 Å². The smallest absolute Gasteiger partial charge is 0.104 e. The van der Waals surface area contributed by atoms with E-state index in [1.54, 1.807) is 0 Å². The zero-order valence-corrected chi connectivity index (χ0v) is 22.1. The molecular formula is C31H56N+. The quantitative estimate of drug-likeness (QED) is 0.0951. The third-order valence-electron chi connectivity index (χ3n) is 6.73. The molecule has 1 heteroatoms. The van der Waals surface area contributed by atoms with Crippen molar-refractivity contribution in [3.8, 4) is 0 Å². The van der Waals surface area contributed by atoms with E-state index < -0.39 is 0 Å². The molecule has 0 radical (unpaired) electrons. The zero-order valence-electron chi connectivity index (χ0n) is 22.1. The second-order valence-electron chi connectivity index (χ2n) is 10.7. The largest absolute Gasteiger partial charge is 0.325 e. The van der Waals surface area contributed by atoms with Crippen molar-refractivity contribution >= 4 is 0 Å². The molecule has 0 aliphatic heterocycles. The van der Waals surface area contributed by atoms with Gasteiger partial charge in [0.05, 0.1) is 20.6 Å². The maximum absolute atomic E-state index is 2.44. The first-order valence-electron chi connectivity index (χ1n) is 14.1. The van der Waals surface area contributed by atoms with Crippen molar-refractivity contribution in [2.24, 2.45) is 0 Å². The van der Waals surface area contributed by atoms with E-state index >= 15 is 0 Å². The summed E-state index contributed by atoms with van der Waals surface area (Å²) in [6, 6.07) is 10.9. The van der Waals surface area contributed by atoms with Crippen molar-refractivity contribution in [2.75, 3.05) is 20.6 Å². The molecule has 184 valence electrons. The van der Waals surface area contributed by atoms with Crippen LogP contribution in [0.2, 0.25) is 0 Å². The van der Waals surface area contributed by atoms with Crippen LogP contribution >= 0.6 is 0 Å². The maximum Gasteiger partial charge on any atom is 0.104 e. The number of benzene rings is 1. The van der Waals surface area contributed by atoms with Crippen LogP contribution in [0.15, 0.2) is 42.5 Å². The minimum atomic E-state index is 1.11. The van der Waals surface area contributed by atoms with Crippen molar-refractivity contribution in [1.82, 2.24) is 0 Å². The van der Waals surface area contributed by atoms with Crippen LogP contribution in [0.3, 0.4) is 0 Å². The summed E-state index contributed by atoms with van der Waals surface area (Å²) in [4.78, 5) is 0. The van der Waals surface area contributed by atoms with Gasteiger partial charge in [0, 0.05) is 5.56 Å². The van der Waals surface area contributed by atoms with Crippen molar-refractivity contribution in [2.45, 2.75) is 129 Å². The van der Waals surface area contributed by atoms with Crippen LogP contribution in [-0.2, 0) is 6.54 Å². The Balaban J connectivity index is 1.80. The van der Waals surface area contributed by atoms with Crippen molar-refractivity contribution in [1.29, 1.82) is 0 Å². The van der Waals surface area contributed by atoms with Gasteiger partial charge in [0.2, 0.25) is 0 Å². The predicted octanol–water partition coefficient (Wildman–Crippen LogP) is 9.86. The molecule has 0 amide bonds. The lowest BCUT2D eigenvalue weighted by Gasteiger charge is -2.30. The molecule has 1 nitrogen and oxygen atoms in total. The molecule has 1 aromatic rings. The molecule has 0 aliphatic carbocycles. The Morgan fingerprint density at radius 3 is 1.50 bits per heavy atom. The summed E-state index contributed by atoms with van der Waals surface area (Å²) >= 11 is 0. The molecule has 0 aromatic heterocycles. The van der Waals surface area contributed by atoms with Gasteiger partial charge in [0.1, 0.15) is 6.54 Å². The third-order valence-corrected chi connectivity index (χ3v) is 6.73. The summed E-state index contributed by atoms with van der Waals surface area (Å²) in [5, 5.41) is 0. The van der Waals surface area contributed by atoms with Crippen LogP contribution in [0.5, 0.6) is 0 Å². The third kappa shape index (κ3) is 18.5. The van der Waals surface area contributed by atoms with Crippen molar-refractivity contribution < 1.29 is 4.48 Å². The average molecular weight is 443 g/mol. The predicted molar refractivity (Wildman–Crippen MR) is 145 cm³/mol. The van der Waals surface area contributed by atoms with E-state index in [-0.39, 0.29) is 0 Å². The Labute approximate surface area is 202 Å². The van der Waals surface area contributed by atoms with E-state index in [1.807, 2.05) is 0 Å². The van der Waals surface area contributed by atoms with E-state index in [4.69, 9.17) is 0 Å². The molecule has 0 unspecified atom stereocenters. The molecule has 0 aliphatic rings. The van der Waals surface area contributed by atoms with Gasteiger partial charge in [-0.15, -0.1) is 0 Å². The minimum Gasteiger partial charge on any atom is -0.325 e. The second kappa shape index (κ2) is 20.5. The van der Waals surface area contributed by atoms with Gasteiger partial charge in [-0.2, -0.15) is 0 Å². The van der Waals surface area contributed by atoms with Crippen molar-refractivity contribution in [3.63, 3.8) is 0 Å². The van der Waals surface area contributed by atoms with Crippen LogP contribution in [-0.4, -0.2) is 25.1 Å². The van der Waals surface area contributed by atoms with Gasteiger partial charge in [0.15, 0.2) is 0 Å². The van der Waals surface area contributed by atoms with E-state index in [1.165, 1.54) is 128 Å². The first kappa shape index (κ1) is 29.0. The Morgan fingerprint density at radius 2 is 1.00 bits per heavy atom. The molecule has 0 saturated heterocycles. The number of quaternary nitrogens is 1. The summed E-state index contributed by atoms with van der Waals surface area (Å²) in [5.41, 5.74) is 1.46. The summed E-state index contributed by atoms with van der Waals surface area (Å²) in [7, 11) is 4.75. The highest BCUT2D eigenvalue weighted by Gasteiger charge is 2.14. The van der Waals surface area contributed by atoms with E-state index in [9.17, 15) is 0 Å². The van der Waals surface area contributed by atoms with E-state index in [0.717, 1.165) is 11.0 Å². The lowest BCUT2D eigenvalue weighted by Crippen LogP contribution is -2.39. The fraction of sp³-hybridized carbons (Fsp3) is 0.742. The summed E-state index contributed by atoms with van der Waals surface area (Å²) in [6.07, 6.45) is 30.2. The van der Waals surface area contributed by atoms with Crippen molar-refractivity contribution in [3.05, 3.63) is 48.0 Å². The highest BCUT2D eigenvalue weighted by molar-refractivity contribution is 5.13. The topological polar surface area (TPSA) is 0 Å². The highest BCUT2D eigenvalue weighted by atomic mass is 15.3. The average Bonchev–Trinajstić information content (AvgIpc) is 2.78. The summed E-state index contributed by atoms with van der Waals surface area (Å²) < 4.78 is 1.11. The van der Waals surface area contributed by atoms with Gasteiger partial charge in [-0.05, 0) is 38.5 Å². The van der Waals surface area contributed by atoms with Gasteiger partial charge in [-0.3, -0.25) is 0 Å². The number of allylic oxidation sites excluding steroid dienone is 2. The molecule has 0 bridgehead atoms. The molecule has 32 heavy (non-hydrogen) atoms. The Kier molecular flexibility index (Phi) is 18.6. The molecule has 0 fully saturated rings. The lowest BCUT2D eigenvalue weighted by molar-refractivity contribution is -0.903. The molecule has 0 saturated carbocycles. The SMILES string of the molecule is CCCCCCCC/C=C\CCCCCCCCCCCC[N+](C)(C)Cc1ccccc1. The van der Waals surface area contributed by atoms with E-state index in [2.05, 4.69) is 63.5 Å². The standard InChI is InChI=1S/C31H56N/c1-4-5-6-7-8-9-10-11-12-13-14-15-16-17-18-19-20-21-22-26-29-32(2,3)30-31-27-24-23-25-28-31/h11-12,23-25,27-28H,4-10,13-22,26,29-30H2,1-3H3/q+1/b12-11-. The number of hydrogen-bond donors (Lipinski definition) is 0. The van der Waals surface area contributed by atoms with Crippen LogP contribution < -0.4 is 0 Å². The maximum atomic E-state index is 2.44. The van der Waals surface area contributed by atoms with Gasteiger partial charge >= 0.3 is 0 Å². The van der Waals surface area contributed by atoms with Crippen LogP contribution in [0.1, 0.15) is 128 Å². The van der Waals surface area contributed by atoms with Gasteiger partial charge in [-0.1, -0.05) is 126 Å². The number of nitrogens with zero attached hydrogens (tertiary/aromatic N) is 1. The lowest BCUT2D eigenvalue weighted by atomic mass is 10.0. The first-order chi connectivity index (χ1) is 15.6. The molecule has 1 rings (SSSR count). The summed E-state index contributed by atoms with van der Waals surface area (Å²) in [6.45, 7) is 4.73. The molecule has 1 aromatic carbocycles. The van der Waals surface area contributed by atoms with Gasteiger partial charge < -0.3 is 4.48 Å². The Morgan fingerprint density at radius 1 is 0.562 bits per heavy atom. The molecule has 0 spiro atoms. The van der Waals surface area contributed by atoms with Gasteiger partial charge in [0.25, 0.3) is 0 Å². The number of hydrogen-bond acceptors (Lipinski definition) is 0. The van der Waals surface area contributed by atoms with E-state index in [0.29, 0.717) is 0 Å². The van der Waals surface area contributed by atoms with Crippen LogP contribution in [0, 0.1) is 0 Å². The van der Waals surface area contributed by atoms with Gasteiger partial charge in [-0.25, -0.2) is 0 Å². The summed E-state index contributed by atoms with van der Waals surface area (Å²) in [5.74, 6) is 0. The Hall–Kier alpha value is -1.08. The molecule has 0 N–H and O–H groups in total. The molecule has 0 heterocycles. The zero-order chi connectivity index (χ0) is 23.2. The number of unbranched alkanes of at least 4 members (excludes halogenated alkanes) is 16. The fourth-order valence-electron chi connectivity index (χ4n) is 4.65. The highest BCUT2D eigenvalue weighted by Crippen LogP contribution is 2.14. The first-order valence-corrected chi connectivity index (χ1v) is 14.1. The Bertz CT molecular complexity index is 531.